The van der Waals surface area contributed by atoms with Crippen LogP contribution in [0, 0.1) is 0 Å². The summed E-state index contributed by atoms with van der Waals surface area (Å²) in [6.07, 6.45) is 7.23. The number of nitrogens with zero attached hydrogens (tertiary/aromatic N) is 2. The van der Waals surface area contributed by atoms with Crippen LogP contribution in [0.1, 0.15) is 47.4 Å². The maximum atomic E-state index is 11.7. The second-order valence-electron chi connectivity index (χ2n) is 5.04. The van der Waals surface area contributed by atoms with E-state index in [0.717, 1.165) is 12.8 Å². The number of carbonyl (C=O) groups is 1. The molecule has 1 aromatic carbocycles. The Kier molecular flexibility index (Phi) is 5.02. The molecule has 0 bridgehead atoms. The molecule has 1 aromatic heterocycles. The summed E-state index contributed by atoms with van der Waals surface area (Å²) in [5, 5.41) is 0. The highest BCUT2D eigenvalue weighted by Crippen LogP contribution is 2.30. The number of esters is 1. The molecule has 0 amide bonds. The third-order valence-electron chi connectivity index (χ3n) is 3.80. The molecule has 0 fully saturated rings. The molecule has 1 atom stereocenters. The van der Waals surface area contributed by atoms with Crippen molar-refractivity contribution in [2.45, 2.75) is 32.2 Å². The minimum atomic E-state index is -0.258. The van der Waals surface area contributed by atoms with Gasteiger partial charge in [-0.05, 0) is 43.9 Å². The van der Waals surface area contributed by atoms with Crippen LogP contribution in [0.4, 0.5) is 0 Å². The lowest BCUT2D eigenvalue weighted by molar-refractivity contribution is 0.0526. The first-order valence-electron chi connectivity index (χ1n) is 7.07. The van der Waals surface area contributed by atoms with Crippen LogP contribution in [0.2, 0.25) is 0 Å². The van der Waals surface area contributed by atoms with E-state index in [1.807, 2.05) is 43.7 Å². The highest BCUT2D eigenvalue weighted by molar-refractivity contribution is 5.89. The van der Waals surface area contributed by atoms with Gasteiger partial charge in [-0.1, -0.05) is 12.1 Å². The number of fused-ring (bicyclic) bond motifs is 1. The fourth-order valence-corrected chi connectivity index (χ4v) is 2.80. The number of hydrogen-bond acceptors (Lipinski definition) is 3. The zero-order chi connectivity index (χ0) is 13.9. The minimum absolute atomic E-state index is 0. The normalized spacial score (nSPS) is 16.7. The first-order valence-corrected chi connectivity index (χ1v) is 7.07. The number of hydrogen-bond donors (Lipinski definition) is 0. The Morgan fingerprint density at radius 2 is 2.14 bits per heavy atom. The van der Waals surface area contributed by atoms with Crippen molar-refractivity contribution >= 4 is 18.4 Å². The van der Waals surface area contributed by atoms with Crippen LogP contribution in [0.15, 0.2) is 36.8 Å². The Bertz CT molecular complexity index is 607. The maximum absolute atomic E-state index is 11.7. The predicted octanol–water partition coefficient (Wildman–Crippen LogP) is 3.41. The van der Waals surface area contributed by atoms with Gasteiger partial charge < -0.3 is 9.30 Å². The molecular formula is C16H19ClN2O2. The lowest BCUT2D eigenvalue weighted by Gasteiger charge is -2.26. The van der Waals surface area contributed by atoms with Gasteiger partial charge in [0.1, 0.15) is 0 Å². The second kappa shape index (κ2) is 6.76. The van der Waals surface area contributed by atoms with E-state index in [1.54, 1.807) is 0 Å². The van der Waals surface area contributed by atoms with Crippen molar-refractivity contribution in [3.63, 3.8) is 0 Å². The van der Waals surface area contributed by atoms with E-state index in [9.17, 15) is 4.79 Å². The van der Waals surface area contributed by atoms with Crippen molar-refractivity contribution in [2.75, 3.05) is 6.61 Å². The van der Waals surface area contributed by atoms with E-state index in [0.29, 0.717) is 18.2 Å². The van der Waals surface area contributed by atoms with Gasteiger partial charge >= 0.3 is 5.97 Å². The molecule has 1 unspecified atom stereocenters. The van der Waals surface area contributed by atoms with Crippen molar-refractivity contribution in [3.05, 3.63) is 53.6 Å². The fourth-order valence-electron chi connectivity index (χ4n) is 2.80. The molecule has 5 heteroatoms. The number of aryl methyl sites for hydroxylation is 1. The lowest BCUT2D eigenvalue weighted by atomic mass is 9.95. The topological polar surface area (TPSA) is 44.1 Å². The first-order chi connectivity index (χ1) is 9.79. The van der Waals surface area contributed by atoms with Crippen LogP contribution < -0.4 is 0 Å². The fraction of sp³-hybridized carbons (Fsp3) is 0.375. The van der Waals surface area contributed by atoms with Crippen LogP contribution in [-0.4, -0.2) is 22.1 Å². The van der Waals surface area contributed by atoms with Gasteiger partial charge in [-0.2, -0.15) is 0 Å². The summed E-state index contributed by atoms with van der Waals surface area (Å²) in [6.45, 7) is 2.22. The highest BCUT2D eigenvalue weighted by Gasteiger charge is 2.21. The number of benzene rings is 1. The third-order valence-corrected chi connectivity index (χ3v) is 3.80. The van der Waals surface area contributed by atoms with E-state index in [-0.39, 0.29) is 18.4 Å². The Hall–Kier alpha value is -1.81. The van der Waals surface area contributed by atoms with Crippen molar-refractivity contribution in [2.24, 2.45) is 0 Å². The van der Waals surface area contributed by atoms with Gasteiger partial charge in [0, 0.05) is 11.9 Å². The number of rotatable bonds is 3. The largest absolute Gasteiger partial charge is 0.462 e. The minimum Gasteiger partial charge on any atom is -0.462 e. The molecule has 0 aliphatic carbocycles. The molecule has 2 heterocycles. The van der Waals surface area contributed by atoms with Crippen LogP contribution in [0.25, 0.3) is 0 Å². The zero-order valence-corrected chi connectivity index (χ0v) is 12.8. The van der Waals surface area contributed by atoms with E-state index in [4.69, 9.17) is 4.74 Å². The molecule has 0 spiro atoms. The van der Waals surface area contributed by atoms with Gasteiger partial charge in [-0.25, -0.2) is 9.78 Å². The zero-order valence-electron chi connectivity index (χ0n) is 12.0. The monoisotopic (exact) mass is 306 g/mol. The predicted molar refractivity (Wildman–Crippen MR) is 83.0 cm³/mol. The Labute approximate surface area is 130 Å². The van der Waals surface area contributed by atoms with Crippen molar-refractivity contribution in [1.82, 2.24) is 9.55 Å². The average Bonchev–Trinajstić information content (AvgIpc) is 2.96. The molecule has 0 saturated heterocycles. The molecule has 1 aliphatic rings. The summed E-state index contributed by atoms with van der Waals surface area (Å²) in [4.78, 5) is 15.9. The number of carbonyl (C=O) groups excluding carboxylic acids is 1. The molecule has 4 nitrogen and oxygen atoms in total. The van der Waals surface area contributed by atoms with E-state index < -0.39 is 0 Å². The third kappa shape index (κ3) is 3.10. The highest BCUT2D eigenvalue weighted by atomic mass is 35.5. The quantitative estimate of drug-likeness (QED) is 0.816. The number of imidazole rings is 1. The number of halogens is 1. The SMILES string of the molecule is CCOC(=O)c1ccc(C2CCCc3cncn32)cc1.Cl. The Morgan fingerprint density at radius 1 is 1.38 bits per heavy atom. The number of aromatic nitrogens is 2. The van der Waals surface area contributed by atoms with E-state index >= 15 is 0 Å². The molecule has 2 aromatic rings. The average molecular weight is 307 g/mol. The molecule has 1 aliphatic heterocycles. The van der Waals surface area contributed by atoms with Gasteiger partial charge in [0.25, 0.3) is 0 Å². The van der Waals surface area contributed by atoms with Gasteiger partial charge in [-0.3, -0.25) is 0 Å². The van der Waals surface area contributed by atoms with Crippen LogP contribution in [-0.2, 0) is 11.2 Å². The summed E-state index contributed by atoms with van der Waals surface area (Å²) in [5.74, 6) is -0.258. The molecule has 0 saturated carbocycles. The summed E-state index contributed by atoms with van der Waals surface area (Å²) in [7, 11) is 0. The van der Waals surface area contributed by atoms with Gasteiger partial charge in [-0.15, -0.1) is 12.4 Å². The summed E-state index contributed by atoms with van der Waals surface area (Å²) < 4.78 is 7.24. The summed E-state index contributed by atoms with van der Waals surface area (Å²) >= 11 is 0. The Morgan fingerprint density at radius 3 is 2.86 bits per heavy atom. The smallest absolute Gasteiger partial charge is 0.338 e. The van der Waals surface area contributed by atoms with Crippen LogP contribution >= 0.6 is 12.4 Å². The molecule has 0 N–H and O–H groups in total. The number of ether oxygens (including phenoxy) is 1. The maximum Gasteiger partial charge on any atom is 0.338 e. The Balaban J connectivity index is 0.00000161. The van der Waals surface area contributed by atoms with E-state index in [1.165, 1.54) is 17.7 Å². The molecule has 112 valence electrons. The van der Waals surface area contributed by atoms with Crippen molar-refractivity contribution < 1.29 is 9.53 Å². The second-order valence-corrected chi connectivity index (χ2v) is 5.04. The standard InChI is InChI=1S/C16H18N2O2.ClH/c1-2-20-16(19)13-8-6-12(7-9-13)15-5-3-4-14-10-17-11-18(14)15;/h6-11,15H,2-5H2,1H3;1H. The van der Waals surface area contributed by atoms with E-state index in [2.05, 4.69) is 9.55 Å². The first kappa shape index (κ1) is 15.6. The molecule has 3 rings (SSSR count). The van der Waals surface area contributed by atoms with Gasteiger partial charge in [0.2, 0.25) is 0 Å². The van der Waals surface area contributed by atoms with Crippen molar-refractivity contribution in [1.29, 1.82) is 0 Å². The van der Waals surface area contributed by atoms with Crippen LogP contribution in [0.5, 0.6) is 0 Å². The van der Waals surface area contributed by atoms with Gasteiger partial charge in [0.15, 0.2) is 0 Å². The molecule has 0 radical (unpaired) electrons. The van der Waals surface area contributed by atoms with Crippen molar-refractivity contribution in [3.8, 4) is 0 Å². The van der Waals surface area contributed by atoms with Crippen LogP contribution in [0.3, 0.4) is 0 Å². The summed E-state index contributed by atoms with van der Waals surface area (Å²) in [5.41, 5.74) is 3.12. The molecular weight excluding hydrogens is 288 g/mol. The lowest BCUT2D eigenvalue weighted by Crippen LogP contribution is -2.17. The molecule has 21 heavy (non-hydrogen) atoms. The summed E-state index contributed by atoms with van der Waals surface area (Å²) in [6, 6.07) is 8.06. The van der Waals surface area contributed by atoms with Gasteiger partial charge in [0.05, 0.1) is 24.5 Å².